The molecular weight excluding hydrogens is 1020 g/mol. The lowest BCUT2D eigenvalue weighted by Gasteiger charge is -2.26. The molecule has 7 heteroatoms. The highest BCUT2D eigenvalue weighted by molar-refractivity contribution is 6.26. The smallest absolute Gasteiger partial charge is 0.166 e. The first kappa shape index (κ1) is 53.9. The van der Waals surface area contributed by atoms with Crippen LogP contribution in [0.15, 0.2) is 212 Å². The topological polar surface area (TPSA) is 74.3 Å². The van der Waals surface area contributed by atoms with Gasteiger partial charge in [0, 0.05) is 60.6 Å². The van der Waals surface area contributed by atoms with Crippen LogP contribution in [-0.4, -0.2) is 34.1 Å². The Morgan fingerprint density at radius 3 is 1.21 bits per heavy atom. The van der Waals surface area contributed by atoms with Gasteiger partial charge in [-0.1, -0.05) is 217 Å². The summed E-state index contributed by atoms with van der Waals surface area (Å²) in [6.45, 7) is 27.4. The van der Waals surface area contributed by atoms with E-state index in [1.54, 1.807) is 0 Å². The molecule has 0 radical (unpaired) electrons. The second-order valence-corrected chi connectivity index (χ2v) is 26.7. The summed E-state index contributed by atoms with van der Waals surface area (Å²) in [5.74, 6) is 2.34. The molecule has 0 spiro atoms. The highest BCUT2D eigenvalue weighted by atomic mass is 15.1. The molecule has 13 rings (SSSR count). The number of para-hydroxylation sites is 3. The number of hydrogen-bond acceptors (Lipinski definition) is 5. The van der Waals surface area contributed by atoms with Gasteiger partial charge in [0.1, 0.15) is 0 Å². The fourth-order valence-electron chi connectivity index (χ4n) is 11.8. The van der Waals surface area contributed by atoms with Crippen molar-refractivity contribution in [1.82, 2.24) is 34.1 Å². The summed E-state index contributed by atoms with van der Waals surface area (Å²) in [6, 6.07) is 76.3. The first-order valence-electron chi connectivity index (χ1n) is 29.4. The SMILES string of the molecule is CC(C)(C)c1cc(-c2nc(-c3cc(C(C)(C)C)cc(C(C)(C)C)c3)nc(-c3cc(-c4nc(-c5ccccc5)cc(-c5ccccc5)n4)ccc3-n3c4ccccc4c4c3ccc3c5ccccc5n(-c5ccccc5)c34)n2)cc(C(C)(C)C)c1. The molecule has 0 aliphatic rings. The maximum absolute atomic E-state index is 5.74. The number of rotatable bonds is 8. The predicted octanol–water partition coefficient (Wildman–Crippen LogP) is 20.0. The van der Waals surface area contributed by atoms with Crippen molar-refractivity contribution in [3.63, 3.8) is 0 Å². The second kappa shape index (κ2) is 20.2. The van der Waals surface area contributed by atoms with Crippen LogP contribution in [0.3, 0.4) is 0 Å². The summed E-state index contributed by atoms with van der Waals surface area (Å²) < 4.78 is 4.86. The largest absolute Gasteiger partial charge is 0.309 e. The average molecular weight is 1090 g/mol. The summed E-state index contributed by atoms with van der Waals surface area (Å²) >= 11 is 0. The Hall–Kier alpha value is -9.33. The van der Waals surface area contributed by atoms with Crippen LogP contribution in [0.25, 0.3) is 123 Å². The van der Waals surface area contributed by atoms with Gasteiger partial charge in [-0.25, -0.2) is 24.9 Å². The van der Waals surface area contributed by atoms with Crippen molar-refractivity contribution in [3.8, 4) is 79.4 Å². The zero-order chi connectivity index (χ0) is 58.5. The average Bonchev–Trinajstić information content (AvgIpc) is 1.82. The molecule has 0 fully saturated rings. The van der Waals surface area contributed by atoms with E-state index in [1.165, 1.54) is 33.0 Å². The molecule has 7 nitrogen and oxygen atoms in total. The van der Waals surface area contributed by atoms with E-state index in [1.807, 2.05) is 12.1 Å². The lowest BCUT2D eigenvalue weighted by Crippen LogP contribution is -2.17. The van der Waals surface area contributed by atoms with Crippen LogP contribution in [0.5, 0.6) is 0 Å². The Bertz CT molecular complexity index is 4460. The highest BCUT2D eigenvalue weighted by Gasteiger charge is 2.28. The molecule has 0 aliphatic heterocycles. The standard InChI is InChI=1S/C77H71N7/c1-74(2,3)53-40-51(41-54(45-53)75(4,5)6)71-80-72(52-42-55(76(7,8)9)46-56(43-52)77(10,11)12)82-73(81-71)61-44-50(70-78-62(48-26-16-13-17-27-48)47-63(79-70)49-28-18-14-19-29-49)36-38-66(61)84-65-35-25-23-33-60(65)68-67(84)39-37-59-58-32-22-24-34-64(58)83(69(59)68)57-30-20-15-21-31-57/h13-47H,1-12H3. The number of benzene rings is 9. The van der Waals surface area contributed by atoms with Crippen molar-refractivity contribution < 1.29 is 0 Å². The Kier molecular flexibility index (Phi) is 13.0. The summed E-state index contributed by atoms with van der Waals surface area (Å²) in [4.78, 5) is 27.9. The van der Waals surface area contributed by atoms with Crippen LogP contribution >= 0.6 is 0 Å². The highest BCUT2D eigenvalue weighted by Crippen LogP contribution is 2.45. The summed E-state index contributed by atoms with van der Waals surface area (Å²) in [5.41, 5.74) is 17.9. The normalized spacial score (nSPS) is 12.5. The first-order chi connectivity index (χ1) is 40.2. The van der Waals surface area contributed by atoms with E-state index in [4.69, 9.17) is 24.9 Å². The van der Waals surface area contributed by atoms with Gasteiger partial charge in [-0.05, 0) is 123 Å². The molecule has 0 bridgehead atoms. The van der Waals surface area contributed by atoms with Crippen molar-refractivity contribution in [2.75, 3.05) is 0 Å². The maximum Gasteiger partial charge on any atom is 0.166 e. The Labute approximate surface area is 493 Å². The van der Waals surface area contributed by atoms with Crippen LogP contribution in [0.2, 0.25) is 0 Å². The molecular formula is C77H71N7. The van der Waals surface area contributed by atoms with E-state index >= 15 is 0 Å². The minimum Gasteiger partial charge on any atom is -0.309 e. The predicted molar refractivity (Wildman–Crippen MR) is 352 cm³/mol. The van der Waals surface area contributed by atoms with E-state index in [9.17, 15) is 0 Å². The van der Waals surface area contributed by atoms with Gasteiger partial charge < -0.3 is 9.13 Å². The number of nitrogens with zero attached hydrogens (tertiary/aromatic N) is 7. The molecule has 0 aliphatic carbocycles. The summed E-state index contributed by atoms with van der Waals surface area (Å²) in [7, 11) is 0. The molecule has 13 aromatic rings. The zero-order valence-electron chi connectivity index (χ0n) is 50.3. The van der Waals surface area contributed by atoms with E-state index in [-0.39, 0.29) is 21.7 Å². The summed E-state index contributed by atoms with van der Waals surface area (Å²) in [5, 5.41) is 4.69. The van der Waals surface area contributed by atoms with Gasteiger partial charge in [-0.3, -0.25) is 0 Å². The van der Waals surface area contributed by atoms with Crippen LogP contribution in [0.1, 0.15) is 105 Å². The molecule has 9 aromatic carbocycles. The van der Waals surface area contributed by atoms with Gasteiger partial charge in [0.05, 0.1) is 39.1 Å². The van der Waals surface area contributed by atoms with Crippen molar-refractivity contribution in [3.05, 3.63) is 235 Å². The first-order valence-corrected chi connectivity index (χ1v) is 29.4. The monoisotopic (exact) mass is 1090 g/mol. The Balaban J connectivity index is 1.17. The van der Waals surface area contributed by atoms with Crippen molar-refractivity contribution >= 4 is 43.6 Å². The molecule has 0 N–H and O–H groups in total. The minimum absolute atomic E-state index is 0.153. The van der Waals surface area contributed by atoms with Gasteiger partial charge in [-0.2, -0.15) is 0 Å². The Morgan fingerprint density at radius 2 is 0.714 bits per heavy atom. The van der Waals surface area contributed by atoms with Gasteiger partial charge >= 0.3 is 0 Å². The van der Waals surface area contributed by atoms with Crippen molar-refractivity contribution in [2.24, 2.45) is 0 Å². The lowest BCUT2D eigenvalue weighted by atomic mass is 9.79. The third-order valence-corrected chi connectivity index (χ3v) is 16.6. The van der Waals surface area contributed by atoms with E-state index in [0.717, 1.165) is 89.0 Å². The van der Waals surface area contributed by atoms with E-state index in [0.29, 0.717) is 23.3 Å². The second-order valence-electron chi connectivity index (χ2n) is 26.7. The fourth-order valence-corrected chi connectivity index (χ4v) is 11.8. The molecule has 4 aromatic heterocycles. The lowest BCUT2D eigenvalue weighted by molar-refractivity contribution is 0.568. The van der Waals surface area contributed by atoms with Crippen LogP contribution in [0, 0.1) is 0 Å². The van der Waals surface area contributed by atoms with E-state index < -0.39 is 0 Å². The van der Waals surface area contributed by atoms with E-state index in [2.05, 4.69) is 292 Å². The maximum atomic E-state index is 5.74. The molecule has 414 valence electrons. The van der Waals surface area contributed by atoms with Crippen LogP contribution < -0.4 is 0 Å². The third kappa shape index (κ3) is 9.85. The zero-order valence-corrected chi connectivity index (χ0v) is 50.3. The quantitative estimate of drug-likeness (QED) is 0.152. The Morgan fingerprint density at radius 1 is 0.286 bits per heavy atom. The van der Waals surface area contributed by atoms with Crippen LogP contribution in [-0.2, 0) is 21.7 Å². The molecule has 0 amide bonds. The summed E-state index contributed by atoms with van der Waals surface area (Å²) in [6.07, 6.45) is 0. The van der Waals surface area contributed by atoms with Crippen molar-refractivity contribution in [1.29, 1.82) is 0 Å². The van der Waals surface area contributed by atoms with Gasteiger partial charge in [0.15, 0.2) is 23.3 Å². The van der Waals surface area contributed by atoms with Gasteiger partial charge in [0.25, 0.3) is 0 Å². The number of hydrogen-bond donors (Lipinski definition) is 0. The fraction of sp³-hybridized carbons (Fsp3) is 0.208. The third-order valence-electron chi connectivity index (χ3n) is 16.6. The van der Waals surface area contributed by atoms with Gasteiger partial charge in [-0.15, -0.1) is 0 Å². The molecule has 4 heterocycles. The minimum atomic E-state index is -0.153. The van der Waals surface area contributed by atoms with Crippen molar-refractivity contribution in [2.45, 2.75) is 105 Å². The molecule has 0 unspecified atom stereocenters. The molecule has 84 heavy (non-hydrogen) atoms. The number of aromatic nitrogens is 7. The molecule has 0 atom stereocenters. The van der Waals surface area contributed by atoms with Gasteiger partial charge in [0.2, 0.25) is 0 Å². The molecule has 0 saturated heterocycles. The number of fused-ring (bicyclic) bond motifs is 7. The van der Waals surface area contributed by atoms with Crippen LogP contribution in [0.4, 0.5) is 0 Å². The molecule has 0 saturated carbocycles.